The zero-order chi connectivity index (χ0) is 20.8. The Morgan fingerprint density at radius 2 is 1.72 bits per heavy atom. The Morgan fingerprint density at radius 1 is 1.17 bits per heavy atom. The Morgan fingerprint density at radius 3 is 2.17 bits per heavy atom. The second kappa shape index (κ2) is 11.1. The number of carboxylic acid groups (broad SMARTS) is 1. The Hall–Kier alpha value is -1.48. The minimum absolute atomic E-state index is 0. The summed E-state index contributed by atoms with van der Waals surface area (Å²) in [6, 6.07) is 9.33. The Balaban J connectivity index is 0.000000628. The molecule has 1 saturated heterocycles. The quantitative estimate of drug-likeness (QED) is 0.355. The van der Waals surface area contributed by atoms with Crippen LogP contribution in [0.4, 0.5) is 0 Å². The summed E-state index contributed by atoms with van der Waals surface area (Å²) < 4.78 is 6.64. The van der Waals surface area contributed by atoms with Crippen molar-refractivity contribution in [2.75, 3.05) is 33.7 Å². The fourth-order valence-electron chi connectivity index (χ4n) is 4.12. The fourth-order valence-corrected chi connectivity index (χ4v) is 4.12. The van der Waals surface area contributed by atoms with Gasteiger partial charge in [-0.25, -0.2) is 4.79 Å². The number of likely N-dealkylation sites (tertiary alicyclic amines) is 1. The van der Waals surface area contributed by atoms with Gasteiger partial charge in [0.15, 0.2) is 11.7 Å². The van der Waals surface area contributed by atoms with E-state index in [1.54, 1.807) is 0 Å². The lowest BCUT2D eigenvalue weighted by atomic mass is 9.80. The van der Waals surface area contributed by atoms with E-state index in [1.165, 1.54) is 0 Å². The fraction of sp³-hybridized carbons (Fsp3) is 0.619. The van der Waals surface area contributed by atoms with Gasteiger partial charge in [-0.2, -0.15) is 0 Å². The molecule has 0 aromatic heterocycles. The summed E-state index contributed by atoms with van der Waals surface area (Å²) in [6.07, 6.45) is 4.68. The Labute approximate surface area is 183 Å². The van der Waals surface area contributed by atoms with E-state index in [0.717, 1.165) is 49.7 Å². The highest BCUT2D eigenvalue weighted by molar-refractivity contribution is 5.81. The van der Waals surface area contributed by atoms with Crippen molar-refractivity contribution in [3.05, 3.63) is 35.9 Å². The molecule has 0 radical (unpaired) electrons. The number of aliphatic carboxylic acids is 1. The van der Waals surface area contributed by atoms with Crippen LogP contribution in [0.5, 0.6) is 0 Å². The van der Waals surface area contributed by atoms with Crippen LogP contribution in [0.25, 0.3) is 0 Å². The number of ether oxygens (including phenoxy) is 1. The van der Waals surface area contributed by atoms with E-state index >= 15 is 0 Å². The normalized spacial score (nSPS) is 22.6. The third-order valence-corrected chi connectivity index (χ3v) is 5.67. The molecule has 3 rings (SSSR count). The summed E-state index contributed by atoms with van der Waals surface area (Å²) in [7, 11) is 4.29. The zero-order valence-corrected chi connectivity index (χ0v) is 18.8. The van der Waals surface area contributed by atoms with Crippen molar-refractivity contribution in [2.24, 2.45) is 11.7 Å². The third kappa shape index (κ3) is 6.77. The maximum absolute atomic E-state index is 12.9. The predicted molar refractivity (Wildman–Crippen MR) is 105 cm³/mol. The summed E-state index contributed by atoms with van der Waals surface area (Å²) in [5, 5.41) is 19.0. The second-order valence-electron chi connectivity index (χ2n) is 8.37. The summed E-state index contributed by atoms with van der Waals surface area (Å²) in [5.74, 6) is -1.46. The average Bonchev–Trinajstić information content (AvgIpc) is 3.32. The van der Waals surface area contributed by atoms with Crippen molar-refractivity contribution in [3.8, 4) is 0 Å². The molecule has 1 aliphatic carbocycles. The number of quaternary nitrogens is 1. The molecule has 1 heterocycles. The highest BCUT2D eigenvalue weighted by Crippen LogP contribution is 2.42. The number of carboxylic acids is 1. The number of benzene rings is 1. The summed E-state index contributed by atoms with van der Waals surface area (Å²) in [5.41, 5.74) is 3.74. The van der Waals surface area contributed by atoms with Crippen molar-refractivity contribution >= 4 is 11.9 Å². The number of halogens is 1. The molecule has 8 heteroatoms. The van der Waals surface area contributed by atoms with Gasteiger partial charge >= 0.3 is 11.9 Å². The van der Waals surface area contributed by atoms with Crippen molar-refractivity contribution in [1.82, 2.24) is 0 Å². The van der Waals surface area contributed by atoms with E-state index < -0.39 is 17.5 Å². The van der Waals surface area contributed by atoms with Gasteiger partial charge in [0.2, 0.25) is 0 Å². The average molecular weight is 473 g/mol. The highest BCUT2D eigenvalue weighted by Gasteiger charge is 2.49. The second-order valence-corrected chi connectivity index (χ2v) is 8.37. The van der Waals surface area contributed by atoms with Crippen LogP contribution in [-0.4, -0.2) is 66.5 Å². The molecule has 1 aliphatic heterocycles. The van der Waals surface area contributed by atoms with Crippen molar-refractivity contribution < 1.29 is 46.0 Å². The van der Waals surface area contributed by atoms with Crippen LogP contribution in [0.1, 0.15) is 37.7 Å². The number of carbonyl (C=O) groups is 2. The molecular weight excluding hydrogens is 440 g/mol. The topological polar surface area (TPSA) is 110 Å². The number of esters is 1. The van der Waals surface area contributed by atoms with Crippen molar-refractivity contribution in [2.45, 2.75) is 43.8 Å². The predicted octanol–water partition coefficient (Wildman–Crippen LogP) is -1.51. The van der Waals surface area contributed by atoms with Gasteiger partial charge in [0.05, 0.1) is 27.2 Å². The monoisotopic (exact) mass is 472 g/mol. The van der Waals surface area contributed by atoms with Gasteiger partial charge in [-0.1, -0.05) is 43.2 Å². The molecule has 4 N–H and O–H groups in total. The zero-order valence-electron chi connectivity index (χ0n) is 17.2. The molecule has 1 aromatic carbocycles. The van der Waals surface area contributed by atoms with E-state index in [1.807, 2.05) is 30.3 Å². The molecule has 1 aromatic rings. The number of nitrogens with zero attached hydrogens (tertiary/aromatic N) is 1. The van der Waals surface area contributed by atoms with E-state index in [9.17, 15) is 14.7 Å². The van der Waals surface area contributed by atoms with Gasteiger partial charge in [0.25, 0.3) is 0 Å². The van der Waals surface area contributed by atoms with E-state index in [-0.39, 0.29) is 35.5 Å². The van der Waals surface area contributed by atoms with Gasteiger partial charge in [0, 0.05) is 12.3 Å². The third-order valence-electron chi connectivity index (χ3n) is 5.67. The molecule has 0 amide bonds. The van der Waals surface area contributed by atoms with Crippen LogP contribution in [0.3, 0.4) is 0 Å². The van der Waals surface area contributed by atoms with Crippen molar-refractivity contribution in [1.29, 1.82) is 0 Å². The Bertz CT molecular complexity index is 664. The molecule has 29 heavy (non-hydrogen) atoms. The maximum Gasteiger partial charge on any atom is 0.343 e. The van der Waals surface area contributed by atoms with E-state index in [0.29, 0.717) is 5.56 Å². The van der Waals surface area contributed by atoms with E-state index in [4.69, 9.17) is 9.84 Å². The van der Waals surface area contributed by atoms with E-state index in [2.05, 4.69) is 19.8 Å². The van der Waals surface area contributed by atoms with Crippen LogP contribution in [0.15, 0.2) is 30.3 Å². The molecule has 2 unspecified atom stereocenters. The first-order chi connectivity index (χ1) is 13.2. The minimum atomic E-state index is -1.50. The molecule has 2 atom stereocenters. The molecule has 2 aliphatic rings. The number of aliphatic hydroxyl groups is 1. The van der Waals surface area contributed by atoms with Gasteiger partial charge in [0.1, 0.15) is 6.54 Å². The van der Waals surface area contributed by atoms with Crippen LogP contribution in [0, 0.1) is 5.92 Å². The van der Waals surface area contributed by atoms with Gasteiger partial charge in [-0.05, 0) is 18.4 Å². The largest absolute Gasteiger partial charge is 1.00 e. The lowest BCUT2D eigenvalue weighted by Crippen LogP contribution is -3.00. The lowest BCUT2D eigenvalue weighted by molar-refractivity contribution is -0.879. The number of hydrogen-bond acceptors (Lipinski definition) is 5. The molecule has 164 valence electrons. The molecule has 0 spiro atoms. The molecular formula is C21H33BrN2O5. The maximum atomic E-state index is 12.9. The summed E-state index contributed by atoms with van der Waals surface area (Å²) in [4.78, 5) is 22.2. The first kappa shape index (κ1) is 25.6. The first-order valence-electron chi connectivity index (χ1n) is 9.92. The van der Waals surface area contributed by atoms with Gasteiger partial charge in [-0.15, -0.1) is 0 Å². The number of likely N-dealkylation sites (N-methyl/N-ethyl adjacent to an activating group) is 1. The Kier molecular flexibility index (Phi) is 9.75. The molecule has 2 fully saturated rings. The van der Waals surface area contributed by atoms with Gasteiger partial charge in [-0.3, -0.25) is 4.79 Å². The smallest absolute Gasteiger partial charge is 0.343 e. The number of carbonyl (C=O) groups excluding carboxylic acids is 1. The minimum Gasteiger partial charge on any atom is -1.00 e. The summed E-state index contributed by atoms with van der Waals surface area (Å²) in [6.45, 7) is 1.55. The van der Waals surface area contributed by atoms with Crippen LogP contribution >= 0.6 is 0 Å². The van der Waals surface area contributed by atoms with Gasteiger partial charge < -0.3 is 42.1 Å². The highest BCUT2D eigenvalue weighted by atomic mass is 79.9. The number of nitrogens with two attached hydrogens (primary N) is 1. The van der Waals surface area contributed by atoms with Crippen LogP contribution in [-0.2, 0) is 19.9 Å². The SMILES string of the molecule is C[N+]1(C)CCC(OC(=O)C(O)(c2ccccc2)C2CCCC2)C1.NCC(=O)O.[Br-]. The number of rotatable bonds is 5. The van der Waals surface area contributed by atoms with Crippen molar-refractivity contribution in [3.63, 3.8) is 0 Å². The van der Waals surface area contributed by atoms with Crippen LogP contribution in [0.2, 0.25) is 0 Å². The molecule has 0 bridgehead atoms. The standard InChI is InChI=1S/C19H28NO3.C2H5NO2.BrH/c1-20(2)13-12-17(14-20)23-18(21)19(22,16-10-6-7-11-16)15-8-4-3-5-9-15;3-1-2(4)5;/h3-5,8-9,16-17,22H,6-7,10-14H2,1-2H3;1,3H2,(H,4,5);1H/q+1;;/p-1. The molecule has 7 nitrogen and oxygen atoms in total. The summed E-state index contributed by atoms with van der Waals surface area (Å²) >= 11 is 0. The first-order valence-corrected chi connectivity index (χ1v) is 9.92. The van der Waals surface area contributed by atoms with Crippen LogP contribution < -0.4 is 22.7 Å². The number of hydrogen-bond donors (Lipinski definition) is 3. The molecule has 1 saturated carbocycles. The lowest BCUT2D eigenvalue weighted by Gasteiger charge is -2.33.